The zero-order valence-electron chi connectivity index (χ0n) is 15.0. The molecule has 4 heteroatoms. The van der Waals surface area contributed by atoms with Gasteiger partial charge in [0.05, 0.1) is 11.1 Å². The van der Waals surface area contributed by atoms with Crippen molar-refractivity contribution in [1.29, 1.82) is 0 Å². The number of rotatable bonds is 6. The van der Waals surface area contributed by atoms with Crippen LogP contribution in [0.3, 0.4) is 0 Å². The third kappa shape index (κ3) is 4.27. The lowest BCUT2D eigenvalue weighted by atomic mass is 9.83. The van der Waals surface area contributed by atoms with E-state index >= 15 is 0 Å². The predicted molar refractivity (Wildman–Crippen MR) is 97.7 cm³/mol. The van der Waals surface area contributed by atoms with Crippen LogP contribution < -0.4 is 0 Å². The maximum Gasteiger partial charge on any atom is 0.335 e. The molecule has 0 aliphatic heterocycles. The van der Waals surface area contributed by atoms with E-state index in [9.17, 15) is 19.8 Å². The maximum atomic E-state index is 11.5. The molecule has 25 heavy (non-hydrogen) atoms. The van der Waals surface area contributed by atoms with E-state index in [4.69, 9.17) is 0 Å². The number of hydrogen-bond acceptors (Lipinski definition) is 2. The number of carboxylic acids is 2. The van der Waals surface area contributed by atoms with Gasteiger partial charge < -0.3 is 10.2 Å². The van der Waals surface area contributed by atoms with Gasteiger partial charge in [0.2, 0.25) is 0 Å². The minimum Gasteiger partial charge on any atom is -0.478 e. The second-order valence-corrected chi connectivity index (χ2v) is 6.83. The molecule has 0 saturated carbocycles. The van der Waals surface area contributed by atoms with Crippen molar-refractivity contribution >= 4 is 11.9 Å². The van der Waals surface area contributed by atoms with Gasteiger partial charge in [-0.05, 0) is 55.4 Å². The summed E-state index contributed by atoms with van der Waals surface area (Å²) in [5.41, 5.74) is 4.25. The Morgan fingerprint density at radius 2 is 1.16 bits per heavy atom. The normalized spacial score (nSPS) is 13.3. The van der Waals surface area contributed by atoms with Crippen molar-refractivity contribution in [3.8, 4) is 0 Å². The summed E-state index contributed by atoms with van der Waals surface area (Å²) in [5.74, 6) is -1.86. The van der Waals surface area contributed by atoms with Crippen LogP contribution in [0, 0.1) is 13.8 Å². The number of carboxylic acid groups (broad SMARTS) is 2. The molecule has 2 N–H and O–H groups in total. The van der Waals surface area contributed by atoms with Gasteiger partial charge >= 0.3 is 11.9 Å². The molecule has 0 amide bonds. The Balaban J connectivity index is 2.34. The zero-order valence-corrected chi connectivity index (χ0v) is 15.0. The Morgan fingerprint density at radius 1 is 0.800 bits per heavy atom. The summed E-state index contributed by atoms with van der Waals surface area (Å²) in [6.45, 7) is 7.87. The van der Waals surface area contributed by atoms with Gasteiger partial charge in [0, 0.05) is 0 Å². The van der Waals surface area contributed by atoms with E-state index in [1.54, 1.807) is 24.3 Å². The highest BCUT2D eigenvalue weighted by Crippen LogP contribution is 2.33. The lowest BCUT2D eigenvalue weighted by Gasteiger charge is -2.21. The standard InChI is InChI=1S/C21H24O4/c1-12-5-7-16(20(22)23)18(9-12)14(3)11-15(4)19-10-13(2)6-8-17(19)21(24)25/h5-10,14-15H,11H2,1-4H3,(H,22,23)(H,24,25)/t14-,15-/m1/s1. The van der Waals surface area contributed by atoms with E-state index in [2.05, 4.69) is 0 Å². The molecule has 2 rings (SSSR count). The molecule has 0 aliphatic rings. The average molecular weight is 340 g/mol. The smallest absolute Gasteiger partial charge is 0.335 e. The zero-order chi connectivity index (χ0) is 18.7. The molecule has 0 radical (unpaired) electrons. The van der Waals surface area contributed by atoms with E-state index in [1.807, 2.05) is 39.8 Å². The predicted octanol–water partition coefficient (Wildman–Crippen LogP) is 5.00. The summed E-state index contributed by atoms with van der Waals surface area (Å²) < 4.78 is 0. The molecule has 0 aromatic heterocycles. The summed E-state index contributed by atoms with van der Waals surface area (Å²) in [6, 6.07) is 10.7. The Hall–Kier alpha value is -2.62. The highest BCUT2D eigenvalue weighted by Gasteiger charge is 2.21. The third-order valence-corrected chi connectivity index (χ3v) is 4.64. The fraction of sp³-hybridized carbons (Fsp3) is 0.333. The number of hydrogen-bond donors (Lipinski definition) is 2. The molecule has 2 aromatic carbocycles. The van der Waals surface area contributed by atoms with Crippen LogP contribution in [0.5, 0.6) is 0 Å². The molecule has 0 heterocycles. The molecule has 0 bridgehead atoms. The molecule has 4 nitrogen and oxygen atoms in total. The van der Waals surface area contributed by atoms with Crippen molar-refractivity contribution in [2.75, 3.05) is 0 Å². The van der Waals surface area contributed by atoms with Crippen LogP contribution in [0.25, 0.3) is 0 Å². The van der Waals surface area contributed by atoms with Crippen LogP contribution in [-0.4, -0.2) is 22.2 Å². The molecule has 0 spiro atoms. The summed E-state index contributed by atoms with van der Waals surface area (Å²) >= 11 is 0. The van der Waals surface area contributed by atoms with Gasteiger partial charge in [0.25, 0.3) is 0 Å². The van der Waals surface area contributed by atoms with E-state index in [0.29, 0.717) is 17.5 Å². The van der Waals surface area contributed by atoms with Gasteiger partial charge in [-0.3, -0.25) is 0 Å². The fourth-order valence-corrected chi connectivity index (χ4v) is 3.35. The minimum absolute atomic E-state index is 0.00292. The number of carbonyl (C=O) groups is 2. The SMILES string of the molecule is Cc1ccc(C(=O)O)c([C@H](C)C[C@@H](C)c2cc(C)ccc2C(=O)O)c1. The number of benzene rings is 2. The second-order valence-electron chi connectivity index (χ2n) is 6.83. The first-order valence-electron chi connectivity index (χ1n) is 8.38. The Bertz CT molecular complexity index is 740. The monoisotopic (exact) mass is 340 g/mol. The number of aryl methyl sites for hydroxylation is 2. The first kappa shape index (κ1) is 18.7. The summed E-state index contributed by atoms with van der Waals surface area (Å²) in [7, 11) is 0. The third-order valence-electron chi connectivity index (χ3n) is 4.64. The highest BCUT2D eigenvalue weighted by molar-refractivity contribution is 5.90. The van der Waals surface area contributed by atoms with Gasteiger partial charge in [-0.2, -0.15) is 0 Å². The fourth-order valence-electron chi connectivity index (χ4n) is 3.35. The Morgan fingerprint density at radius 3 is 1.48 bits per heavy atom. The summed E-state index contributed by atoms with van der Waals surface area (Å²) in [4.78, 5) is 23.0. The Kier molecular flexibility index (Phi) is 5.62. The second kappa shape index (κ2) is 7.51. The van der Waals surface area contributed by atoms with Crippen molar-refractivity contribution in [2.45, 2.75) is 46.0 Å². The molecule has 132 valence electrons. The van der Waals surface area contributed by atoms with E-state index in [0.717, 1.165) is 22.3 Å². The average Bonchev–Trinajstić information content (AvgIpc) is 2.53. The molecule has 0 fully saturated rings. The van der Waals surface area contributed by atoms with Gasteiger partial charge in [-0.25, -0.2) is 9.59 Å². The van der Waals surface area contributed by atoms with Crippen molar-refractivity contribution in [3.63, 3.8) is 0 Å². The minimum atomic E-state index is -0.934. The quantitative estimate of drug-likeness (QED) is 0.776. The van der Waals surface area contributed by atoms with Gasteiger partial charge in [-0.15, -0.1) is 0 Å². The molecule has 0 saturated heterocycles. The van der Waals surface area contributed by atoms with Crippen molar-refractivity contribution < 1.29 is 19.8 Å². The van der Waals surface area contributed by atoms with Crippen LogP contribution in [0.15, 0.2) is 36.4 Å². The van der Waals surface area contributed by atoms with E-state index in [-0.39, 0.29) is 11.8 Å². The molecule has 2 aromatic rings. The van der Waals surface area contributed by atoms with Gasteiger partial charge in [0.15, 0.2) is 0 Å². The molecule has 2 atom stereocenters. The van der Waals surface area contributed by atoms with Gasteiger partial charge in [-0.1, -0.05) is 49.2 Å². The molecular weight excluding hydrogens is 316 g/mol. The molecule has 0 aliphatic carbocycles. The first-order chi connectivity index (χ1) is 11.7. The summed E-state index contributed by atoms with van der Waals surface area (Å²) in [6.07, 6.45) is 0.674. The maximum absolute atomic E-state index is 11.5. The topological polar surface area (TPSA) is 74.6 Å². The van der Waals surface area contributed by atoms with Crippen molar-refractivity contribution in [3.05, 3.63) is 69.8 Å². The lowest BCUT2D eigenvalue weighted by Crippen LogP contribution is -2.11. The highest BCUT2D eigenvalue weighted by atomic mass is 16.4. The van der Waals surface area contributed by atoms with Crippen LogP contribution in [0.1, 0.15) is 75.1 Å². The summed E-state index contributed by atoms with van der Waals surface area (Å²) in [5, 5.41) is 18.9. The largest absolute Gasteiger partial charge is 0.478 e. The van der Waals surface area contributed by atoms with E-state index in [1.165, 1.54) is 0 Å². The Labute approximate surface area is 148 Å². The van der Waals surface area contributed by atoms with Crippen LogP contribution >= 0.6 is 0 Å². The number of aromatic carboxylic acids is 2. The van der Waals surface area contributed by atoms with E-state index < -0.39 is 11.9 Å². The van der Waals surface area contributed by atoms with Crippen molar-refractivity contribution in [2.24, 2.45) is 0 Å². The molecular formula is C21H24O4. The van der Waals surface area contributed by atoms with Crippen LogP contribution in [0.4, 0.5) is 0 Å². The lowest BCUT2D eigenvalue weighted by molar-refractivity contribution is 0.0685. The van der Waals surface area contributed by atoms with Gasteiger partial charge in [0.1, 0.15) is 0 Å². The van der Waals surface area contributed by atoms with Crippen LogP contribution in [-0.2, 0) is 0 Å². The van der Waals surface area contributed by atoms with Crippen LogP contribution in [0.2, 0.25) is 0 Å². The first-order valence-corrected chi connectivity index (χ1v) is 8.38. The molecule has 0 unspecified atom stereocenters. The van der Waals surface area contributed by atoms with Crippen molar-refractivity contribution in [1.82, 2.24) is 0 Å².